The highest BCUT2D eigenvalue weighted by Crippen LogP contribution is 2.26. The average Bonchev–Trinajstić information content (AvgIpc) is 2.36. The monoisotopic (exact) mass is 318 g/mol. The van der Waals surface area contributed by atoms with E-state index in [0.29, 0.717) is 19.0 Å². The number of nitrogens with one attached hydrogen (secondary N) is 2. The second kappa shape index (κ2) is 6.81. The fourth-order valence-electron chi connectivity index (χ4n) is 2.20. The first-order valence-electron chi connectivity index (χ1n) is 7.13. The molecule has 0 radical (unpaired) electrons. The molecule has 0 aliphatic heterocycles. The molecule has 118 valence electrons. The maximum absolute atomic E-state index is 14.3. The van der Waals surface area contributed by atoms with Crippen LogP contribution in [0.2, 0.25) is 0 Å². The Morgan fingerprint density at radius 1 is 1.29 bits per heavy atom. The maximum Gasteiger partial charge on any atom is 0.243 e. The predicted octanol–water partition coefficient (Wildman–Crippen LogP) is 2.15. The first-order chi connectivity index (χ1) is 9.95. The van der Waals surface area contributed by atoms with Gasteiger partial charge in [-0.15, -0.1) is 0 Å². The summed E-state index contributed by atoms with van der Waals surface area (Å²) in [5.41, 5.74) is -0.247. The molecule has 2 N–H and O–H groups in total. The largest absolute Gasteiger partial charge is 0.313 e. The van der Waals surface area contributed by atoms with Crippen molar-refractivity contribution in [3.8, 4) is 0 Å². The minimum absolute atomic E-state index is 0.0415. The van der Waals surface area contributed by atoms with Crippen LogP contribution in [0, 0.1) is 17.6 Å². The molecule has 1 aliphatic rings. The van der Waals surface area contributed by atoms with Crippen LogP contribution in [0.15, 0.2) is 17.0 Å². The van der Waals surface area contributed by atoms with Gasteiger partial charge in [0.1, 0.15) is 10.7 Å². The summed E-state index contributed by atoms with van der Waals surface area (Å²) in [6, 6.07) is 1.97. The molecule has 0 atom stereocenters. The molecule has 7 heteroatoms. The molecule has 0 bridgehead atoms. The Kier molecular flexibility index (Phi) is 5.29. The first kappa shape index (κ1) is 16.3. The zero-order valence-electron chi connectivity index (χ0n) is 12.0. The Hall–Kier alpha value is -1.05. The van der Waals surface area contributed by atoms with Crippen LogP contribution in [0.1, 0.15) is 31.7 Å². The first-order valence-corrected chi connectivity index (χ1v) is 8.61. The van der Waals surface area contributed by atoms with E-state index in [2.05, 4.69) is 10.0 Å². The minimum atomic E-state index is -3.95. The molecule has 0 amide bonds. The SMILES string of the molecule is CCNCc1c(F)ccc(S(=O)(=O)NCC2CCC2)c1F. The van der Waals surface area contributed by atoms with Gasteiger partial charge in [-0.05, 0) is 37.4 Å². The number of halogens is 2. The van der Waals surface area contributed by atoms with Crippen molar-refractivity contribution in [1.29, 1.82) is 0 Å². The number of benzene rings is 1. The molecule has 0 unspecified atom stereocenters. The van der Waals surface area contributed by atoms with E-state index in [0.717, 1.165) is 31.4 Å². The smallest absolute Gasteiger partial charge is 0.243 e. The van der Waals surface area contributed by atoms with Crippen molar-refractivity contribution in [2.24, 2.45) is 5.92 Å². The van der Waals surface area contributed by atoms with Gasteiger partial charge < -0.3 is 5.32 Å². The van der Waals surface area contributed by atoms with Crippen LogP contribution >= 0.6 is 0 Å². The highest BCUT2D eigenvalue weighted by atomic mass is 32.2. The molecule has 21 heavy (non-hydrogen) atoms. The molecule has 1 aromatic rings. The van der Waals surface area contributed by atoms with Crippen LogP contribution < -0.4 is 10.0 Å². The highest BCUT2D eigenvalue weighted by Gasteiger charge is 2.25. The van der Waals surface area contributed by atoms with E-state index in [1.807, 2.05) is 0 Å². The molecule has 1 aliphatic carbocycles. The van der Waals surface area contributed by atoms with Crippen LogP contribution in [-0.4, -0.2) is 21.5 Å². The topological polar surface area (TPSA) is 58.2 Å². The van der Waals surface area contributed by atoms with E-state index in [1.54, 1.807) is 6.92 Å². The molecular weight excluding hydrogens is 298 g/mol. The van der Waals surface area contributed by atoms with Crippen molar-refractivity contribution >= 4 is 10.0 Å². The van der Waals surface area contributed by atoms with Crippen molar-refractivity contribution in [2.45, 2.75) is 37.6 Å². The van der Waals surface area contributed by atoms with E-state index in [4.69, 9.17) is 0 Å². The van der Waals surface area contributed by atoms with Gasteiger partial charge in [-0.25, -0.2) is 21.9 Å². The fourth-order valence-corrected chi connectivity index (χ4v) is 3.41. The van der Waals surface area contributed by atoms with Gasteiger partial charge in [0.05, 0.1) is 0 Å². The van der Waals surface area contributed by atoms with Gasteiger partial charge in [-0.1, -0.05) is 13.3 Å². The van der Waals surface area contributed by atoms with E-state index < -0.39 is 26.6 Å². The van der Waals surface area contributed by atoms with E-state index in [9.17, 15) is 17.2 Å². The third kappa shape index (κ3) is 3.78. The molecular formula is C14H20F2N2O2S. The summed E-state index contributed by atoms with van der Waals surface area (Å²) in [5.74, 6) is -1.44. The number of hydrogen-bond acceptors (Lipinski definition) is 3. The third-order valence-corrected chi connectivity index (χ3v) is 5.22. The zero-order chi connectivity index (χ0) is 15.5. The normalized spacial score (nSPS) is 16.0. The fraction of sp³-hybridized carbons (Fsp3) is 0.571. The molecule has 2 rings (SSSR count). The van der Waals surface area contributed by atoms with Gasteiger partial charge >= 0.3 is 0 Å². The molecule has 1 saturated carbocycles. The zero-order valence-corrected chi connectivity index (χ0v) is 12.8. The van der Waals surface area contributed by atoms with Crippen LogP contribution in [0.5, 0.6) is 0 Å². The molecule has 0 heterocycles. The van der Waals surface area contributed by atoms with Crippen LogP contribution in [0.25, 0.3) is 0 Å². The number of sulfonamides is 1. The Labute approximate surface area is 124 Å². The van der Waals surface area contributed by atoms with Gasteiger partial charge in [-0.3, -0.25) is 0 Å². The molecule has 0 spiro atoms. The van der Waals surface area contributed by atoms with Crippen LogP contribution in [0.3, 0.4) is 0 Å². The van der Waals surface area contributed by atoms with Crippen molar-refractivity contribution in [2.75, 3.05) is 13.1 Å². The number of hydrogen-bond donors (Lipinski definition) is 2. The summed E-state index contributed by atoms with van der Waals surface area (Å²) < 4.78 is 54.6. The molecule has 4 nitrogen and oxygen atoms in total. The second-order valence-corrected chi connectivity index (χ2v) is 7.00. The summed E-state index contributed by atoms with van der Waals surface area (Å²) in [7, 11) is -3.95. The molecule has 1 aromatic carbocycles. The van der Waals surface area contributed by atoms with Crippen molar-refractivity contribution in [3.05, 3.63) is 29.3 Å². The lowest BCUT2D eigenvalue weighted by Crippen LogP contribution is -2.33. The Bertz CT molecular complexity index is 601. The Balaban J connectivity index is 2.21. The highest BCUT2D eigenvalue weighted by molar-refractivity contribution is 7.89. The predicted molar refractivity (Wildman–Crippen MR) is 76.3 cm³/mol. The summed E-state index contributed by atoms with van der Waals surface area (Å²) in [6.07, 6.45) is 3.07. The third-order valence-electron chi connectivity index (χ3n) is 3.78. The Morgan fingerprint density at radius 2 is 2.00 bits per heavy atom. The quantitative estimate of drug-likeness (QED) is 0.810. The van der Waals surface area contributed by atoms with Gasteiger partial charge in [0.15, 0.2) is 5.82 Å². The number of rotatable bonds is 7. The summed E-state index contributed by atoms with van der Waals surface area (Å²) in [4.78, 5) is -0.490. The van der Waals surface area contributed by atoms with Gasteiger partial charge in [-0.2, -0.15) is 0 Å². The lowest BCUT2D eigenvalue weighted by molar-refractivity contribution is 0.316. The van der Waals surface area contributed by atoms with Crippen molar-refractivity contribution in [3.63, 3.8) is 0 Å². The second-order valence-electron chi connectivity index (χ2n) is 5.27. The van der Waals surface area contributed by atoms with Gasteiger partial charge in [0, 0.05) is 18.7 Å². The van der Waals surface area contributed by atoms with E-state index in [-0.39, 0.29) is 12.1 Å². The molecule has 1 fully saturated rings. The lowest BCUT2D eigenvalue weighted by Gasteiger charge is -2.25. The minimum Gasteiger partial charge on any atom is -0.313 e. The van der Waals surface area contributed by atoms with Gasteiger partial charge in [0.2, 0.25) is 10.0 Å². The summed E-state index contributed by atoms with van der Waals surface area (Å²) >= 11 is 0. The maximum atomic E-state index is 14.3. The van der Waals surface area contributed by atoms with Gasteiger partial charge in [0.25, 0.3) is 0 Å². The molecule has 0 saturated heterocycles. The van der Waals surface area contributed by atoms with Crippen LogP contribution in [0.4, 0.5) is 8.78 Å². The van der Waals surface area contributed by atoms with E-state index in [1.165, 1.54) is 0 Å². The van der Waals surface area contributed by atoms with Crippen molar-refractivity contribution < 1.29 is 17.2 Å². The Morgan fingerprint density at radius 3 is 2.57 bits per heavy atom. The molecule has 0 aromatic heterocycles. The average molecular weight is 318 g/mol. The summed E-state index contributed by atoms with van der Waals surface area (Å²) in [5, 5.41) is 2.80. The van der Waals surface area contributed by atoms with Crippen LogP contribution in [-0.2, 0) is 16.6 Å². The standard InChI is InChI=1S/C14H20F2N2O2S/c1-2-17-9-11-12(15)6-7-13(14(11)16)21(19,20)18-8-10-4-3-5-10/h6-7,10,17-18H,2-5,8-9H2,1H3. The lowest BCUT2D eigenvalue weighted by atomic mass is 9.86. The summed E-state index contributed by atoms with van der Waals surface area (Å²) in [6.45, 7) is 2.61. The van der Waals surface area contributed by atoms with E-state index >= 15 is 0 Å². The van der Waals surface area contributed by atoms with Crippen molar-refractivity contribution in [1.82, 2.24) is 10.0 Å².